The van der Waals surface area contributed by atoms with Crippen LogP contribution in [0, 0.1) is 5.82 Å². The van der Waals surface area contributed by atoms with Crippen LogP contribution in [0.2, 0.25) is 0 Å². The molecule has 0 radical (unpaired) electrons. The average Bonchev–Trinajstić information content (AvgIpc) is 3.19. The number of hydrogen-bond acceptors (Lipinski definition) is 2. The molecule has 6 heteroatoms. The van der Waals surface area contributed by atoms with E-state index in [0.717, 1.165) is 16.5 Å². The van der Waals surface area contributed by atoms with Gasteiger partial charge >= 0.3 is 11.5 Å². The Kier molecular flexibility index (Phi) is 3.76. The van der Waals surface area contributed by atoms with E-state index in [2.05, 4.69) is 10.1 Å². The molecule has 136 valence electrons. The van der Waals surface area contributed by atoms with Crippen LogP contribution in [-0.2, 0) is 6.54 Å². The molecule has 5 nitrogen and oxygen atoms in total. The lowest BCUT2D eigenvalue weighted by molar-refractivity contribution is -0.331. The normalized spacial score (nSPS) is 11.3. The van der Waals surface area contributed by atoms with Crippen LogP contribution in [0.1, 0.15) is 5.56 Å². The Bertz CT molecular complexity index is 1370. The number of halogens is 1. The minimum Gasteiger partial charge on any atom is -0.273 e. The van der Waals surface area contributed by atoms with Gasteiger partial charge in [0, 0.05) is 5.56 Å². The van der Waals surface area contributed by atoms with E-state index < -0.39 is 0 Å². The highest BCUT2D eigenvalue weighted by atomic mass is 19.1. The van der Waals surface area contributed by atoms with E-state index in [1.165, 1.54) is 10.6 Å². The molecule has 5 rings (SSSR count). The summed E-state index contributed by atoms with van der Waals surface area (Å²) in [7, 11) is 0. The Labute approximate surface area is 159 Å². The van der Waals surface area contributed by atoms with Gasteiger partial charge < -0.3 is 0 Å². The molecule has 3 aromatic carbocycles. The third-order valence-electron chi connectivity index (χ3n) is 4.84. The van der Waals surface area contributed by atoms with Crippen molar-refractivity contribution in [2.45, 2.75) is 6.54 Å². The highest BCUT2D eigenvalue weighted by Crippen LogP contribution is 2.19. The van der Waals surface area contributed by atoms with Crippen LogP contribution in [0.3, 0.4) is 0 Å². The molecule has 0 saturated heterocycles. The first kappa shape index (κ1) is 16.4. The van der Waals surface area contributed by atoms with Crippen molar-refractivity contribution < 1.29 is 9.37 Å². The fraction of sp³-hybridized carbons (Fsp3) is 0.0455. The Balaban J connectivity index is 1.79. The standard InChI is InChI=1S/C22H15FN4O/c23-18-12-6-4-10-16(18)14-26-19-13-7-5-11-17(19)21-24-20(25-27(21)22(26)28)15-8-2-1-3-9-15/h1-13H,14H2/p+1. The summed E-state index contributed by atoms with van der Waals surface area (Å²) in [5.74, 6) is 0.266. The predicted octanol–water partition coefficient (Wildman–Crippen LogP) is 3.32. The van der Waals surface area contributed by atoms with Crippen LogP contribution in [0.5, 0.6) is 0 Å². The maximum atomic E-state index is 14.2. The van der Waals surface area contributed by atoms with Crippen LogP contribution in [0.25, 0.3) is 27.9 Å². The van der Waals surface area contributed by atoms with Crippen LogP contribution in [0.4, 0.5) is 4.39 Å². The molecule has 28 heavy (non-hydrogen) atoms. The zero-order valence-corrected chi connectivity index (χ0v) is 14.8. The number of fused-ring (bicyclic) bond motifs is 3. The first-order chi connectivity index (χ1) is 13.7. The summed E-state index contributed by atoms with van der Waals surface area (Å²) in [5.41, 5.74) is 2.35. The summed E-state index contributed by atoms with van der Waals surface area (Å²) in [6.07, 6.45) is 0. The second kappa shape index (κ2) is 6.42. The first-order valence-corrected chi connectivity index (χ1v) is 8.95. The molecule has 2 aromatic heterocycles. The number of H-pyrrole nitrogens is 1. The molecule has 0 atom stereocenters. The molecule has 0 fully saturated rings. The van der Waals surface area contributed by atoms with E-state index in [-0.39, 0.29) is 18.1 Å². The molecular weight excluding hydrogens is 355 g/mol. The van der Waals surface area contributed by atoms with Gasteiger partial charge in [0.05, 0.1) is 28.1 Å². The average molecular weight is 371 g/mol. The third kappa shape index (κ3) is 2.58. The zero-order valence-electron chi connectivity index (χ0n) is 14.8. The number of aromatic amines is 1. The van der Waals surface area contributed by atoms with E-state index in [0.29, 0.717) is 17.0 Å². The fourth-order valence-electron chi connectivity index (χ4n) is 3.46. The molecule has 2 heterocycles. The summed E-state index contributed by atoms with van der Waals surface area (Å²) in [4.78, 5) is 16.5. The molecule has 0 aliphatic heterocycles. The Morgan fingerprint density at radius 2 is 1.61 bits per heavy atom. The molecule has 5 aromatic rings. The summed E-state index contributed by atoms with van der Waals surface area (Å²) in [5, 5.41) is 5.33. The van der Waals surface area contributed by atoms with Gasteiger partial charge in [-0.2, -0.15) is 0 Å². The highest BCUT2D eigenvalue weighted by Gasteiger charge is 2.22. The number of benzene rings is 3. The zero-order chi connectivity index (χ0) is 19.1. The van der Waals surface area contributed by atoms with Gasteiger partial charge in [0.1, 0.15) is 5.82 Å². The number of para-hydroxylation sites is 1. The molecule has 0 saturated carbocycles. The first-order valence-electron chi connectivity index (χ1n) is 8.95. The number of aromatic nitrogens is 4. The van der Waals surface area contributed by atoms with E-state index in [1.54, 1.807) is 22.8 Å². The molecular formula is C22H16FN4O+. The van der Waals surface area contributed by atoms with Crippen molar-refractivity contribution >= 4 is 16.6 Å². The second-order valence-corrected chi connectivity index (χ2v) is 6.58. The van der Waals surface area contributed by atoms with Gasteiger partial charge in [-0.15, -0.1) is 0 Å². The number of nitrogens with zero attached hydrogens (tertiary/aromatic N) is 3. The molecule has 0 unspecified atom stereocenters. The van der Waals surface area contributed by atoms with Crippen LogP contribution in [0.15, 0.2) is 83.7 Å². The van der Waals surface area contributed by atoms with Crippen molar-refractivity contribution in [1.29, 1.82) is 0 Å². The van der Waals surface area contributed by atoms with Crippen LogP contribution in [-0.4, -0.2) is 14.2 Å². The maximum absolute atomic E-state index is 14.2. The Morgan fingerprint density at radius 3 is 2.43 bits per heavy atom. The van der Waals surface area contributed by atoms with Gasteiger partial charge in [-0.05, 0) is 34.8 Å². The lowest BCUT2D eigenvalue weighted by Crippen LogP contribution is -2.29. The summed E-state index contributed by atoms with van der Waals surface area (Å²) in [6, 6.07) is 23.7. The minimum absolute atomic E-state index is 0.127. The van der Waals surface area contributed by atoms with Gasteiger partial charge in [-0.1, -0.05) is 48.5 Å². The minimum atomic E-state index is -0.337. The van der Waals surface area contributed by atoms with E-state index in [4.69, 9.17) is 0 Å². The fourth-order valence-corrected chi connectivity index (χ4v) is 3.46. The molecule has 0 bridgehead atoms. The van der Waals surface area contributed by atoms with Crippen LogP contribution < -0.4 is 10.7 Å². The monoisotopic (exact) mass is 371 g/mol. The predicted molar refractivity (Wildman–Crippen MR) is 104 cm³/mol. The topological polar surface area (TPSA) is 53.4 Å². The number of rotatable bonds is 3. The molecule has 1 N–H and O–H groups in total. The van der Waals surface area contributed by atoms with Gasteiger partial charge in [-0.25, -0.2) is 14.2 Å². The Hall–Kier alpha value is -3.80. The molecule has 0 aliphatic rings. The quantitative estimate of drug-likeness (QED) is 0.489. The largest absolute Gasteiger partial charge is 0.423 e. The number of hydrogen-bond donors (Lipinski definition) is 0. The van der Waals surface area contributed by atoms with Crippen molar-refractivity contribution in [3.63, 3.8) is 0 Å². The summed E-state index contributed by atoms with van der Waals surface area (Å²) in [6.45, 7) is 0.127. The van der Waals surface area contributed by atoms with Gasteiger partial charge in [-0.3, -0.25) is 4.57 Å². The van der Waals surface area contributed by atoms with Gasteiger partial charge in [0.25, 0.3) is 5.65 Å². The Morgan fingerprint density at radius 1 is 0.893 bits per heavy atom. The molecule has 0 spiro atoms. The van der Waals surface area contributed by atoms with Crippen molar-refractivity contribution in [1.82, 2.24) is 14.2 Å². The van der Waals surface area contributed by atoms with E-state index >= 15 is 0 Å². The summed E-state index contributed by atoms with van der Waals surface area (Å²) >= 11 is 0. The lowest BCUT2D eigenvalue weighted by atomic mass is 10.2. The second-order valence-electron chi connectivity index (χ2n) is 6.58. The van der Waals surface area contributed by atoms with Crippen molar-refractivity contribution in [2.75, 3.05) is 0 Å². The maximum Gasteiger partial charge on any atom is 0.423 e. The third-order valence-corrected chi connectivity index (χ3v) is 4.84. The summed E-state index contributed by atoms with van der Waals surface area (Å²) < 4.78 is 17.1. The van der Waals surface area contributed by atoms with Gasteiger partial charge in [0.2, 0.25) is 0 Å². The van der Waals surface area contributed by atoms with Crippen molar-refractivity contribution in [3.8, 4) is 11.4 Å². The SMILES string of the molecule is O=c1n(Cc2ccccc2F)c2ccccc2c2[nH+]c(-c3ccccc3)nn12. The molecule has 0 aliphatic carbocycles. The van der Waals surface area contributed by atoms with Gasteiger partial charge in [0.15, 0.2) is 0 Å². The van der Waals surface area contributed by atoms with E-state index in [1.807, 2.05) is 54.6 Å². The molecule has 0 amide bonds. The van der Waals surface area contributed by atoms with Crippen LogP contribution >= 0.6 is 0 Å². The van der Waals surface area contributed by atoms with Crippen molar-refractivity contribution in [3.05, 3.63) is 101 Å². The van der Waals surface area contributed by atoms with Crippen molar-refractivity contribution in [2.24, 2.45) is 0 Å². The smallest absolute Gasteiger partial charge is 0.273 e. The highest BCUT2D eigenvalue weighted by molar-refractivity contribution is 5.90. The lowest BCUT2D eigenvalue weighted by Gasteiger charge is -2.09. The van der Waals surface area contributed by atoms with E-state index in [9.17, 15) is 9.18 Å². The number of nitrogens with one attached hydrogen (secondary N) is 1.